The molecular weight excluding hydrogens is 440 g/mol. The summed E-state index contributed by atoms with van der Waals surface area (Å²) < 4.78 is 12.7. The second-order valence-electron chi connectivity index (χ2n) is 8.37. The van der Waals surface area contributed by atoms with E-state index in [2.05, 4.69) is 32.1 Å². The highest BCUT2D eigenvalue weighted by Crippen LogP contribution is 2.33. The van der Waals surface area contributed by atoms with Gasteiger partial charge in [-0.1, -0.05) is 23.6 Å². The number of fused-ring (bicyclic) bond motifs is 1. The molecule has 1 aliphatic carbocycles. The van der Waals surface area contributed by atoms with E-state index in [1.807, 2.05) is 31.2 Å². The molecule has 11 heteroatoms. The molecule has 2 aliphatic rings. The molecule has 1 amide bonds. The van der Waals surface area contributed by atoms with Crippen molar-refractivity contribution in [2.24, 2.45) is 0 Å². The van der Waals surface area contributed by atoms with Crippen molar-refractivity contribution in [3.63, 3.8) is 0 Å². The largest absolute Gasteiger partial charge is 0.481 e. The molecule has 0 spiro atoms. The number of nitrogen functional groups attached to an aromatic ring is 1. The van der Waals surface area contributed by atoms with E-state index in [4.69, 9.17) is 15.2 Å². The topological polar surface area (TPSA) is 158 Å². The summed E-state index contributed by atoms with van der Waals surface area (Å²) in [7, 11) is 0. The molecule has 0 unspecified atom stereocenters. The Morgan fingerprint density at radius 3 is 2.76 bits per heavy atom. The molecule has 5 N–H and O–H groups in total. The predicted octanol–water partition coefficient (Wildman–Crippen LogP) is 0.0452. The number of carbonyl (C=O) groups excluding carboxylic acids is 1. The van der Waals surface area contributed by atoms with Crippen LogP contribution in [0, 0.1) is 18.8 Å². The smallest absolute Gasteiger partial charge is 0.252 e. The molecule has 2 aromatic heterocycles. The number of aliphatic hydroxyl groups is 2. The first-order valence-corrected chi connectivity index (χ1v) is 10.9. The minimum absolute atomic E-state index is 0.0947. The van der Waals surface area contributed by atoms with Crippen molar-refractivity contribution in [2.75, 3.05) is 12.3 Å². The van der Waals surface area contributed by atoms with Gasteiger partial charge in [0.1, 0.15) is 30.1 Å². The van der Waals surface area contributed by atoms with Crippen molar-refractivity contribution in [1.82, 2.24) is 24.8 Å². The Morgan fingerprint density at radius 2 is 2.03 bits per heavy atom. The number of aromatic nitrogens is 4. The second kappa shape index (κ2) is 8.90. The Balaban J connectivity index is 1.35. The van der Waals surface area contributed by atoms with Gasteiger partial charge in [0, 0.05) is 6.04 Å². The summed E-state index contributed by atoms with van der Waals surface area (Å²) in [5.74, 6) is 6.12. The summed E-state index contributed by atoms with van der Waals surface area (Å²) in [6.45, 7) is 2.11. The lowest BCUT2D eigenvalue weighted by molar-refractivity contribution is -0.137. The number of aliphatic hydroxyl groups excluding tert-OH is 2. The number of nitrogens with zero attached hydrogens (tertiary/aromatic N) is 4. The number of hydrogen-bond acceptors (Lipinski definition) is 9. The molecule has 2 fully saturated rings. The first-order valence-electron chi connectivity index (χ1n) is 10.9. The fourth-order valence-corrected chi connectivity index (χ4v) is 3.67. The summed E-state index contributed by atoms with van der Waals surface area (Å²) >= 11 is 0. The van der Waals surface area contributed by atoms with Gasteiger partial charge in [-0.2, -0.15) is 0 Å². The molecule has 1 aromatic carbocycles. The van der Waals surface area contributed by atoms with Gasteiger partial charge >= 0.3 is 0 Å². The van der Waals surface area contributed by atoms with Crippen molar-refractivity contribution < 1.29 is 24.5 Å². The third-order valence-corrected chi connectivity index (χ3v) is 5.68. The Labute approximate surface area is 194 Å². The van der Waals surface area contributed by atoms with Crippen molar-refractivity contribution in [2.45, 2.75) is 50.3 Å². The molecule has 4 atom stereocenters. The Kier molecular flexibility index (Phi) is 5.79. The molecule has 11 nitrogen and oxygen atoms in total. The van der Waals surface area contributed by atoms with Crippen LogP contribution in [0.25, 0.3) is 11.2 Å². The van der Waals surface area contributed by atoms with Crippen molar-refractivity contribution in [3.8, 4) is 17.6 Å². The monoisotopic (exact) mass is 464 g/mol. The number of hydrogen-bond donors (Lipinski definition) is 4. The summed E-state index contributed by atoms with van der Waals surface area (Å²) in [6, 6.07) is 7.69. The van der Waals surface area contributed by atoms with Crippen LogP contribution in [0.3, 0.4) is 0 Å². The number of nitrogens with one attached hydrogen (secondary N) is 1. The highest BCUT2D eigenvalue weighted by atomic mass is 16.6. The number of ether oxygens (including phenoxy) is 2. The zero-order chi connectivity index (χ0) is 23.8. The lowest BCUT2D eigenvalue weighted by atomic mass is 10.1. The summed E-state index contributed by atoms with van der Waals surface area (Å²) in [5.41, 5.74) is 7.71. The molecule has 34 heavy (non-hydrogen) atoms. The maximum atomic E-state index is 12.4. The van der Waals surface area contributed by atoms with Crippen LogP contribution in [0.1, 0.15) is 30.5 Å². The zero-order valence-electron chi connectivity index (χ0n) is 18.4. The number of anilines is 1. The Bertz CT molecular complexity index is 1280. The van der Waals surface area contributed by atoms with Gasteiger partial charge in [-0.3, -0.25) is 9.36 Å². The van der Waals surface area contributed by atoms with E-state index in [0.717, 1.165) is 18.4 Å². The normalized spacial score (nSPS) is 24.0. The van der Waals surface area contributed by atoms with Crippen LogP contribution in [-0.4, -0.2) is 66.6 Å². The second-order valence-corrected chi connectivity index (χ2v) is 8.37. The molecule has 1 saturated heterocycles. The molecule has 3 heterocycles. The predicted molar refractivity (Wildman–Crippen MR) is 120 cm³/mol. The highest BCUT2D eigenvalue weighted by Gasteiger charge is 2.48. The maximum Gasteiger partial charge on any atom is 0.252 e. The van der Waals surface area contributed by atoms with E-state index >= 15 is 0 Å². The Hall–Kier alpha value is -3.72. The summed E-state index contributed by atoms with van der Waals surface area (Å²) in [5, 5.41) is 23.7. The standard InChI is InChI=1S/C23H24N6O5/c1-12-4-8-14(9-5-12)33-10-2-3-15-27-20(24)16-21(28-15)29(11-25-16)23-18(31)17(30)19(34-23)22(32)26-13-6-7-13/h4-5,8-9,11,13,17-19,23,30-31H,6-7,10H2,1H3,(H,26,32)(H2,24,27,28)/t17-,18+,19-,23+/m0/s1. The first kappa shape index (κ1) is 22.1. The van der Waals surface area contributed by atoms with Gasteiger partial charge in [0.05, 0.1) is 6.33 Å². The zero-order valence-corrected chi connectivity index (χ0v) is 18.4. The highest BCUT2D eigenvalue weighted by molar-refractivity contribution is 5.83. The third-order valence-electron chi connectivity index (χ3n) is 5.68. The molecule has 176 valence electrons. The van der Waals surface area contributed by atoms with E-state index in [1.54, 1.807) is 0 Å². The number of nitrogens with two attached hydrogens (primary N) is 1. The molecule has 1 saturated carbocycles. The number of imidazole rings is 1. The average molecular weight is 464 g/mol. The van der Waals surface area contributed by atoms with Crippen LogP contribution in [0.15, 0.2) is 30.6 Å². The summed E-state index contributed by atoms with van der Waals surface area (Å²) in [6.07, 6.45) is -1.93. The number of amides is 1. The van der Waals surface area contributed by atoms with Gasteiger partial charge in [0.2, 0.25) is 5.82 Å². The molecule has 0 bridgehead atoms. The fourth-order valence-electron chi connectivity index (χ4n) is 3.67. The first-order chi connectivity index (χ1) is 16.4. The lowest BCUT2D eigenvalue weighted by Crippen LogP contribution is -2.43. The number of benzene rings is 1. The van der Waals surface area contributed by atoms with Crippen LogP contribution < -0.4 is 15.8 Å². The van der Waals surface area contributed by atoms with Crippen LogP contribution in [0.4, 0.5) is 5.82 Å². The van der Waals surface area contributed by atoms with Crippen LogP contribution in [-0.2, 0) is 9.53 Å². The number of carbonyl (C=O) groups is 1. The van der Waals surface area contributed by atoms with Crippen LogP contribution in [0.2, 0.25) is 0 Å². The minimum atomic E-state index is -1.40. The number of aryl methyl sites for hydroxylation is 1. The SMILES string of the molecule is Cc1ccc(OCC#Cc2nc(N)c3ncn([C@@H]4O[C@H](C(=O)NC5CC5)[C@@H](O)[C@H]4O)c3n2)cc1. The van der Waals surface area contributed by atoms with Gasteiger partial charge in [0.15, 0.2) is 23.8 Å². The molecule has 5 rings (SSSR count). The van der Waals surface area contributed by atoms with E-state index in [1.165, 1.54) is 10.9 Å². The third kappa shape index (κ3) is 4.38. The van der Waals surface area contributed by atoms with Crippen molar-refractivity contribution in [1.29, 1.82) is 0 Å². The number of rotatable bonds is 5. The van der Waals surface area contributed by atoms with E-state index in [9.17, 15) is 15.0 Å². The molecule has 1 aliphatic heterocycles. The lowest BCUT2D eigenvalue weighted by Gasteiger charge is -2.16. The maximum absolute atomic E-state index is 12.4. The average Bonchev–Trinajstić information content (AvgIpc) is 3.45. The minimum Gasteiger partial charge on any atom is -0.481 e. The van der Waals surface area contributed by atoms with Gasteiger partial charge in [-0.25, -0.2) is 15.0 Å². The van der Waals surface area contributed by atoms with Gasteiger partial charge < -0.3 is 30.7 Å². The van der Waals surface area contributed by atoms with E-state index in [0.29, 0.717) is 5.75 Å². The Morgan fingerprint density at radius 1 is 1.26 bits per heavy atom. The van der Waals surface area contributed by atoms with Gasteiger partial charge in [0.25, 0.3) is 5.91 Å². The molecular formula is C23H24N6O5. The van der Waals surface area contributed by atoms with E-state index < -0.39 is 30.4 Å². The quantitative estimate of drug-likeness (QED) is 0.383. The summed E-state index contributed by atoms with van der Waals surface area (Å²) in [4.78, 5) is 25.1. The van der Waals surface area contributed by atoms with Gasteiger partial charge in [-0.05, 0) is 37.8 Å². The van der Waals surface area contributed by atoms with E-state index in [-0.39, 0.29) is 35.5 Å². The van der Waals surface area contributed by atoms with Crippen molar-refractivity contribution in [3.05, 3.63) is 42.0 Å². The molecule has 3 aromatic rings. The van der Waals surface area contributed by atoms with Crippen LogP contribution in [0.5, 0.6) is 5.75 Å². The fraction of sp³-hybridized carbons (Fsp3) is 0.391. The van der Waals surface area contributed by atoms with Gasteiger partial charge in [-0.15, -0.1) is 0 Å². The molecule has 0 radical (unpaired) electrons. The van der Waals surface area contributed by atoms with Crippen molar-refractivity contribution >= 4 is 22.9 Å². The van der Waals surface area contributed by atoms with Crippen LogP contribution >= 0.6 is 0 Å².